The van der Waals surface area contributed by atoms with Gasteiger partial charge in [0.2, 0.25) is 26.0 Å². The number of amides is 1. The van der Waals surface area contributed by atoms with E-state index in [1.54, 1.807) is 39.0 Å². The third-order valence-corrected chi connectivity index (χ3v) is 8.60. The molecule has 0 aliphatic carbocycles. The van der Waals surface area contributed by atoms with E-state index in [1.165, 1.54) is 22.5 Å². The summed E-state index contributed by atoms with van der Waals surface area (Å²) in [7, 11) is -7.44. The summed E-state index contributed by atoms with van der Waals surface area (Å²) in [5, 5.41) is 7.96. The molecular weight excluding hydrogens is 452 g/mol. The Morgan fingerprint density at radius 2 is 1.78 bits per heavy atom. The van der Waals surface area contributed by atoms with Gasteiger partial charge in [0.05, 0.1) is 16.3 Å². The molecule has 1 heterocycles. The third-order valence-electron chi connectivity index (χ3n) is 5.50. The second-order valence-corrected chi connectivity index (χ2v) is 11.1. The zero-order valence-electron chi connectivity index (χ0n) is 18.3. The lowest BCUT2D eigenvalue weighted by molar-refractivity contribution is -0.115. The second-order valence-electron chi connectivity index (χ2n) is 7.62. The van der Waals surface area contributed by atoms with Gasteiger partial charge in [0.25, 0.3) is 0 Å². The first-order valence-corrected chi connectivity index (χ1v) is 13.3. The monoisotopic (exact) mass is 480 g/mol. The highest BCUT2D eigenvalue weighted by Crippen LogP contribution is 2.30. The Balaban J connectivity index is 1.76. The van der Waals surface area contributed by atoms with Gasteiger partial charge >= 0.3 is 0 Å². The summed E-state index contributed by atoms with van der Waals surface area (Å²) in [6, 6.07) is 9.44. The normalized spacial score (nSPS) is 14.0. The zero-order valence-corrected chi connectivity index (χ0v) is 20.0. The molecule has 11 heteroatoms. The van der Waals surface area contributed by atoms with Crippen molar-refractivity contribution in [3.8, 4) is 0 Å². The van der Waals surface area contributed by atoms with Crippen LogP contribution in [-0.4, -0.2) is 53.2 Å². The topological polar surface area (TPSA) is 130 Å². The van der Waals surface area contributed by atoms with E-state index in [1.807, 2.05) is 4.90 Å². The Morgan fingerprint density at radius 1 is 1.09 bits per heavy atom. The first-order chi connectivity index (χ1) is 15.0. The van der Waals surface area contributed by atoms with E-state index < -0.39 is 20.0 Å². The summed E-state index contributed by atoms with van der Waals surface area (Å²) in [6.07, 6.45) is 0.600. The standard InChI is InChI=1S/C21H28N4O5S2/c1-4-25(5-2)32(29,30)20-13-17(7-6-15(20)3)23-21(26)14-24-11-10-16-12-18(31(22,27)28)8-9-19(16)24/h6-9,12-13H,4-5,10-11,14H2,1-3H3,(H,23,26)(H2,22,27,28). The number of carbonyl (C=O) groups excluding carboxylic acids is 1. The van der Waals surface area contributed by atoms with Gasteiger partial charge in [-0.3, -0.25) is 4.79 Å². The number of carbonyl (C=O) groups is 1. The van der Waals surface area contributed by atoms with Crippen molar-refractivity contribution in [1.82, 2.24) is 4.31 Å². The van der Waals surface area contributed by atoms with Gasteiger partial charge < -0.3 is 10.2 Å². The van der Waals surface area contributed by atoms with Gasteiger partial charge in [0.15, 0.2) is 0 Å². The van der Waals surface area contributed by atoms with Crippen LogP contribution in [0.1, 0.15) is 25.0 Å². The minimum absolute atomic E-state index is 0.0455. The maximum Gasteiger partial charge on any atom is 0.243 e. The first-order valence-electron chi connectivity index (χ1n) is 10.3. The summed E-state index contributed by atoms with van der Waals surface area (Å²) < 4.78 is 50.3. The molecule has 0 atom stereocenters. The van der Waals surface area contributed by atoms with E-state index in [0.717, 1.165) is 11.3 Å². The predicted octanol–water partition coefficient (Wildman–Crippen LogP) is 1.67. The summed E-state index contributed by atoms with van der Waals surface area (Å²) in [5.41, 5.74) is 2.60. The maximum atomic E-state index is 12.9. The number of fused-ring (bicyclic) bond motifs is 1. The van der Waals surface area contributed by atoms with Gasteiger partial charge in [0.1, 0.15) is 0 Å². The smallest absolute Gasteiger partial charge is 0.243 e. The summed E-state index contributed by atoms with van der Waals surface area (Å²) in [4.78, 5) is 14.7. The number of primary sulfonamides is 1. The highest BCUT2D eigenvalue weighted by atomic mass is 32.2. The molecule has 1 aliphatic rings. The van der Waals surface area contributed by atoms with Gasteiger partial charge in [-0.1, -0.05) is 19.9 Å². The summed E-state index contributed by atoms with van der Waals surface area (Å²) in [6.45, 7) is 6.61. The molecule has 2 aromatic carbocycles. The highest BCUT2D eigenvalue weighted by Gasteiger charge is 2.25. The number of sulfonamides is 2. The van der Waals surface area contributed by atoms with Crippen LogP contribution in [0.4, 0.5) is 11.4 Å². The summed E-state index contributed by atoms with van der Waals surface area (Å²) in [5.74, 6) is -0.302. The lowest BCUT2D eigenvalue weighted by atomic mass is 10.2. The maximum absolute atomic E-state index is 12.9. The van der Waals surface area contributed by atoms with Crippen LogP contribution in [0.25, 0.3) is 0 Å². The molecule has 1 aliphatic heterocycles. The van der Waals surface area contributed by atoms with E-state index in [-0.39, 0.29) is 22.2 Å². The number of anilines is 2. The molecule has 32 heavy (non-hydrogen) atoms. The predicted molar refractivity (Wildman–Crippen MR) is 124 cm³/mol. The first kappa shape index (κ1) is 24.2. The molecule has 0 spiro atoms. The Morgan fingerprint density at radius 3 is 2.41 bits per heavy atom. The molecule has 174 valence electrons. The Kier molecular flexibility index (Phi) is 6.94. The Hall–Kier alpha value is -2.47. The fourth-order valence-corrected chi connectivity index (χ4v) is 6.09. The van der Waals surface area contributed by atoms with Crippen molar-refractivity contribution in [3.05, 3.63) is 47.5 Å². The van der Waals surface area contributed by atoms with E-state index in [2.05, 4.69) is 5.32 Å². The molecule has 0 radical (unpaired) electrons. The number of hydrogen-bond acceptors (Lipinski definition) is 6. The molecule has 0 saturated carbocycles. The quantitative estimate of drug-likeness (QED) is 0.591. The molecule has 1 amide bonds. The van der Waals surface area contributed by atoms with Crippen LogP contribution in [0.2, 0.25) is 0 Å². The number of hydrogen-bond donors (Lipinski definition) is 2. The number of benzene rings is 2. The van der Waals surface area contributed by atoms with Crippen molar-refractivity contribution in [2.45, 2.75) is 37.0 Å². The minimum Gasteiger partial charge on any atom is -0.362 e. The van der Waals surface area contributed by atoms with Crippen LogP contribution in [0.5, 0.6) is 0 Å². The molecule has 9 nitrogen and oxygen atoms in total. The largest absolute Gasteiger partial charge is 0.362 e. The fraction of sp³-hybridized carbons (Fsp3) is 0.381. The second kappa shape index (κ2) is 9.18. The molecular formula is C21H28N4O5S2. The van der Waals surface area contributed by atoms with Gasteiger partial charge in [0, 0.05) is 31.0 Å². The number of aryl methyl sites for hydroxylation is 1. The highest BCUT2D eigenvalue weighted by molar-refractivity contribution is 7.89. The average Bonchev–Trinajstić information content (AvgIpc) is 3.11. The SMILES string of the molecule is CCN(CC)S(=O)(=O)c1cc(NC(=O)CN2CCc3cc(S(N)(=O)=O)ccc32)ccc1C. The molecule has 3 rings (SSSR count). The molecule has 0 fully saturated rings. The number of nitrogens with zero attached hydrogens (tertiary/aromatic N) is 2. The van der Waals surface area contributed by atoms with Gasteiger partial charge in [-0.2, -0.15) is 4.31 Å². The van der Waals surface area contributed by atoms with Crippen LogP contribution in [-0.2, 0) is 31.3 Å². The van der Waals surface area contributed by atoms with Crippen molar-refractivity contribution in [3.63, 3.8) is 0 Å². The molecule has 3 N–H and O–H groups in total. The van der Waals surface area contributed by atoms with Crippen LogP contribution in [0.3, 0.4) is 0 Å². The van der Waals surface area contributed by atoms with Crippen LogP contribution < -0.4 is 15.4 Å². The van der Waals surface area contributed by atoms with Crippen molar-refractivity contribution in [2.75, 3.05) is 36.4 Å². The van der Waals surface area contributed by atoms with Crippen molar-refractivity contribution < 1.29 is 21.6 Å². The molecule has 0 bridgehead atoms. The number of nitrogens with one attached hydrogen (secondary N) is 1. The van der Waals surface area contributed by atoms with Crippen molar-refractivity contribution in [1.29, 1.82) is 0 Å². The lowest BCUT2D eigenvalue weighted by Crippen LogP contribution is -2.32. The van der Waals surface area contributed by atoms with Crippen LogP contribution >= 0.6 is 0 Å². The Bertz CT molecular complexity index is 1240. The van der Waals surface area contributed by atoms with Gasteiger partial charge in [-0.25, -0.2) is 22.0 Å². The molecule has 0 saturated heterocycles. The van der Waals surface area contributed by atoms with Crippen molar-refractivity contribution >= 4 is 37.3 Å². The van der Waals surface area contributed by atoms with Crippen LogP contribution in [0.15, 0.2) is 46.2 Å². The van der Waals surface area contributed by atoms with Gasteiger partial charge in [-0.05, 0) is 54.8 Å². The average molecular weight is 481 g/mol. The molecule has 2 aromatic rings. The van der Waals surface area contributed by atoms with Crippen LogP contribution in [0, 0.1) is 6.92 Å². The van der Waals surface area contributed by atoms with Crippen molar-refractivity contribution in [2.24, 2.45) is 5.14 Å². The van der Waals surface area contributed by atoms with E-state index in [4.69, 9.17) is 5.14 Å². The van der Waals surface area contributed by atoms with E-state index >= 15 is 0 Å². The summed E-state index contributed by atoms with van der Waals surface area (Å²) >= 11 is 0. The zero-order chi connectivity index (χ0) is 23.7. The molecule has 0 unspecified atom stereocenters. The van der Waals surface area contributed by atoms with Gasteiger partial charge in [-0.15, -0.1) is 0 Å². The minimum atomic E-state index is -3.79. The fourth-order valence-electron chi connectivity index (χ4n) is 3.82. The molecule has 0 aromatic heterocycles. The Labute approximate surface area is 189 Å². The third kappa shape index (κ3) is 4.96. The number of rotatable bonds is 8. The number of nitrogens with two attached hydrogens (primary N) is 1. The van der Waals surface area contributed by atoms with E-state index in [0.29, 0.717) is 37.3 Å². The van der Waals surface area contributed by atoms with E-state index in [9.17, 15) is 21.6 Å². The lowest BCUT2D eigenvalue weighted by Gasteiger charge is -2.21.